The van der Waals surface area contributed by atoms with Crippen molar-refractivity contribution in [3.05, 3.63) is 60.2 Å². The Bertz CT molecular complexity index is 513. The Kier molecular flexibility index (Phi) is 3.79. The zero-order valence-corrected chi connectivity index (χ0v) is 10.2. The number of hydrogen-bond acceptors (Lipinski definition) is 4. The summed E-state index contributed by atoms with van der Waals surface area (Å²) in [4.78, 5) is 19.9. The summed E-state index contributed by atoms with van der Waals surface area (Å²) < 4.78 is 0. The Morgan fingerprint density at radius 2 is 1.78 bits per heavy atom. The number of benzene rings is 1. The highest BCUT2D eigenvalue weighted by molar-refractivity contribution is 5.97. The number of rotatable bonds is 4. The Morgan fingerprint density at radius 1 is 1.17 bits per heavy atom. The molecule has 0 amide bonds. The second-order valence-electron chi connectivity index (χ2n) is 4.22. The van der Waals surface area contributed by atoms with Gasteiger partial charge in [-0.1, -0.05) is 37.3 Å². The van der Waals surface area contributed by atoms with Gasteiger partial charge in [-0.2, -0.15) is 0 Å². The van der Waals surface area contributed by atoms with Crippen LogP contribution in [0.5, 0.6) is 0 Å². The molecule has 18 heavy (non-hydrogen) atoms. The number of Topliss-reactive ketones (excluding diaryl/α,β-unsaturated/α-hetero) is 1. The van der Waals surface area contributed by atoms with Gasteiger partial charge in [0, 0.05) is 24.4 Å². The van der Waals surface area contributed by atoms with E-state index in [2.05, 4.69) is 9.97 Å². The van der Waals surface area contributed by atoms with Crippen molar-refractivity contribution in [3.8, 4) is 0 Å². The first-order chi connectivity index (χ1) is 8.70. The maximum Gasteiger partial charge on any atom is 0.170 e. The summed E-state index contributed by atoms with van der Waals surface area (Å²) in [6.07, 6.45) is 4.44. The molecule has 2 unspecified atom stereocenters. The molecule has 2 aromatic rings. The number of carbonyl (C=O) groups excluding carboxylic acids is 1. The third-order valence-corrected chi connectivity index (χ3v) is 2.98. The molecule has 4 heteroatoms. The fraction of sp³-hybridized carbons (Fsp3) is 0.214. The largest absolute Gasteiger partial charge is 0.323 e. The molecule has 2 rings (SSSR count). The van der Waals surface area contributed by atoms with Crippen molar-refractivity contribution in [1.82, 2.24) is 9.97 Å². The van der Waals surface area contributed by atoms with E-state index in [9.17, 15) is 4.79 Å². The molecule has 1 aromatic carbocycles. The zero-order valence-electron chi connectivity index (χ0n) is 10.2. The Labute approximate surface area is 106 Å². The van der Waals surface area contributed by atoms with E-state index in [0.29, 0.717) is 5.56 Å². The van der Waals surface area contributed by atoms with Gasteiger partial charge in [0.25, 0.3) is 0 Å². The van der Waals surface area contributed by atoms with E-state index < -0.39 is 0 Å². The van der Waals surface area contributed by atoms with Crippen molar-refractivity contribution in [2.75, 3.05) is 0 Å². The Balaban J connectivity index is 2.17. The van der Waals surface area contributed by atoms with Crippen LogP contribution in [0.15, 0.2) is 49.1 Å². The third kappa shape index (κ3) is 2.60. The Hall–Kier alpha value is -2.07. The van der Waals surface area contributed by atoms with Crippen LogP contribution in [0.3, 0.4) is 0 Å². The molecular weight excluding hydrogens is 226 g/mol. The van der Waals surface area contributed by atoms with E-state index in [4.69, 9.17) is 5.73 Å². The first-order valence-corrected chi connectivity index (χ1v) is 5.80. The van der Waals surface area contributed by atoms with Crippen molar-refractivity contribution < 1.29 is 4.79 Å². The van der Waals surface area contributed by atoms with Gasteiger partial charge in [-0.3, -0.25) is 4.79 Å². The standard InChI is InChI=1S/C14H15N3O/c1-10(13(15)11-5-3-2-4-6-11)14(18)12-7-16-9-17-8-12/h2-10,13H,15H2,1H3. The van der Waals surface area contributed by atoms with Crippen molar-refractivity contribution in [1.29, 1.82) is 0 Å². The van der Waals surface area contributed by atoms with Gasteiger partial charge in [-0.15, -0.1) is 0 Å². The van der Waals surface area contributed by atoms with E-state index in [0.717, 1.165) is 5.56 Å². The smallest absolute Gasteiger partial charge is 0.170 e. The first kappa shape index (κ1) is 12.4. The summed E-state index contributed by atoms with van der Waals surface area (Å²) in [6.45, 7) is 1.83. The number of nitrogens with zero attached hydrogens (tertiary/aromatic N) is 2. The molecule has 2 atom stereocenters. The topological polar surface area (TPSA) is 68.9 Å². The molecule has 2 N–H and O–H groups in total. The van der Waals surface area contributed by atoms with Crippen molar-refractivity contribution >= 4 is 5.78 Å². The zero-order chi connectivity index (χ0) is 13.0. The fourth-order valence-corrected chi connectivity index (χ4v) is 1.82. The van der Waals surface area contributed by atoms with Gasteiger partial charge in [0.2, 0.25) is 0 Å². The van der Waals surface area contributed by atoms with Crippen LogP contribution in [0.2, 0.25) is 0 Å². The minimum absolute atomic E-state index is 0.0352. The summed E-state index contributed by atoms with van der Waals surface area (Å²) in [7, 11) is 0. The van der Waals surface area contributed by atoms with Crippen molar-refractivity contribution in [2.24, 2.45) is 11.7 Å². The predicted molar refractivity (Wildman–Crippen MR) is 68.9 cm³/mol. The lowest BCUT2D eigenvalue weighted by Gasteiger charge is -2.18. The SMILES string of the molecule is CC(C(=O)c1cncnc1)C(N)c1ccccc1. The first-order valence-electron chi connectivity index (χ1n) is 5.80. The monoisotopic (exact) mass is 241 g/mol. The van der Waals surface area contributed by atoms with Crippen molar-refractivity contribution in [2.45, 2.75) is 13.0 Å². The number of carbonyl (C=O) groups is 1. The molecule has 0 saturated carbocycles. The number of ketones is 1. The molecule has 0 radical (unpaired) electrons. The molecule has 0 fully saturated rings. The lowest BCUT2D eigenvalue weighted by Crippen LogP contribution is -2.26. The maximum absolute atomic E-state index is 12.2. The van der Waals surface area contributed by atoms with Crippen LogP contribution in [0.25, 0.3) is 0 Å². The average Bonchev–Trinajstić information content (AvgIpc) is 2.47. The second-order valence-corrected chi connectivity index (χ2v) is 4.22. The minimum Gasteiger partial charge on any atom is -0.323 e. The van der Waals surface area contributed by atoms with Gasteiger partial charge in [-0.25, -0.2) is 9.97 Å². The van der Waals surface area contributed by atoms with Crippen molar-refractivity contribution in [3.63, 3.8) is 0 Å². The van der Waals surface area contributed by atoms with E-state index >= 15 is 0 Å². The molecule has 0 aliphatic heterocycles. The van der Waals surface area contributed by atoms with Gasteiger partial charge >= 0.3 is 0 Å². The Morgan fingerprint density at radius 3 is 2.39 bits per heavy atom. The molecule has 4 nitrogen and oxygen atoms in total. The van der Waals surface area contributed by atoms with E-state index in [-0.39, 0.29) is 17.7 Å². The molecule has 0 bridgehead atoms. The summed E-state index contributed by atoms with van der Waals surface area (Å²) in [6, 6.07) is 9.29. The minimum atomic E-state index is -0.320. The highest BCUT2D eigenvalue weighted by atomic mass is 16.1. The molecule has 1 aromatic heterocycles. The molecule has 0 spiro atoms. The van der Waals surface area contributed by atoms with Crippen LogP contribution < -0.4 is 5.73 Å². The fourth-order valence-electron chi connectivity index (χ4n) is 1.82. The van der Waals surface area contributed by atoms with Crippen LogP contribution in [-0.2, 0) is 0 Å². The van der Waals surface area contributed by atoms with E-state index in [1.807, 2.05) is 37.3 Å². The van der Waals surface area contributed by atoms with Gasteiger partial charge in [0.05, 0.1) is 5.56 Å². The predicted octanol–water partition coefficient (Wildman–Crippen LogP) is 2.00. The molecular formula is C14H15N3O. The number of hydrogen-bond donors (Lipinski definition) is 1. The maximum atomic E-state index is 12.2. The second kappa shape index (κ2) is 5.51. The van der Waals surface area contributed by atoms with Gasteiger partial charge in [0.1, 0.15) is 6.33 Å². The average molecular weight is 241 g/mol. The number of nitrogens with two attached hydrogens (primary N) is 1. The van der Waals surface area contributed by atoms with Crippen LogP contribution in [-0.4, -0.2) is 15.8 Å². The summed E-state index contributed by atoms with van der Waals surface area (Å²) in [5, 5.41) is 0. The third-order valence-electron chi connectivity index (χ3n) is 2.98. The molecule has 0 aliphatic rings. The molecule has 0 aliphatic carbocycles. The van der Waals surface area contributed by atoms with Crippen LogP contribution in [0, 0.1) is 5.92 Å². The van der Waals surface area contributed by atoms with E-state index in [1.54, 1.807) is 0 Å². The van der Waals surface area contributed by atoms with E-state index in [1.165, 1.54) is 18.7 Å². The van der Waals surface area contributed by atoms with Gasteiger partial charge < -0.3 is 5.73 Å². The quantitative estimate of drug-likeness (QED) is 0.831. The van der Waals surface area contributed by atoms with Crippen LogP contribution >= 0.6 is 0 Å². The molecule has 1 heterocycles. The highest BCUT2D eigenvalue weighted by Gasteiger charge is 2.23. The normalized spacial score (nSPS) is 13.9. The van der Waals surface area contributed by atoms with Gasteiger partial charge in [-0.05, 0) is 5.56 Å². The lowest BCUT2D eigenvalue weighted by molar-refractivity contribution is 0.0912. The van der Waals surface area contributed by atoms with Gasteiger partial charge in [0.15, 0.2) is 5.78 Å². The van der Waals surface area contributed by atoms with Crippen LogP contribution in [0.4, 0.5) is 0 Å². The lowest BCUT2D eigenvalue weighted by atomic mass is 9.89. The van der Waals surface area contributed by atoms with Crippen LogP contribution in [0.1, 0.15) is 28.9 Å². The molecule has 0 saturated heterocycles. The summed E-state index contributed by atoms with van der Waals surface area (Å²) in [5.41, 5.74) is 7.57. The summed E-state index contributed by atoms with van der Waals surface area (Å²) >= 11 is 0. The summed E-state index contributed by atoms with van der Waals surface area (Å²) in [5.74, 6) is -0.342. The number of aromatic nitrogens is 2. The highest BCUT2D eigenvalue weighted by Crippen LogP contribution is 2.22. The molecule has 92 valence electrons.